The van der Waals surface area contributed by atoms with Gasteiger partial charge in [0.25, 0.3) is 0 Å². The molecule has 0 aliphatic heterocycles. The van der Waals surface area contributed by atoms with Crippen molar-refractivity contribution in [2.24, 2.45) is 0 Å². The Labute approximate surface area is 137 Å². The molecule has 0 saturated carbocycles. The number of aromatic amines is 1. The molecule has 4 nitrogen and oxygen atoms in total. The van der Waals surface area contributed by atoms with E-state index in [1.807, 2.05) is 39.0 Å². The molecule has 0 radical (unpaired) electrons. The Morgan fingerprint density at radius 1 is 1.22 bits per heavy atom. The molecule has 1 atom stereocenters. The van der Waals surface area contributed by atoms with Gasteiger partial charge in [0, 0.05) is 16.9 Å². The number of aromatic nitrogens is 1. The van der Waals surface area contributed by atoms with Crippen LogP contribution in [0, 0.1) is 13.8 Å². The Morgan fingerprint density at radius 3 is 2.43 bits per heavy atom. The maximum atomic E-state index is 12.8. The first-order valence-corrected chi connectivity index (χ1v) is 7.95. The Hall–Kier alpha value is -2.36. The molecule has 122 valence electrons. The van der Waals surface area contributed by atoms with Crippen molar-refractivity contribution in [3.8, 4) is 0 Å². The van der Waals surface area contributed by atoms with Gasteiger partial charge in [0.05, 0.1) is 11.7 Å². The van der Waals surface area contributed by atoms with E-state index in [-0.39, 0.29) is 17.6 Å². The molecular weight excluding hydrogens is 288 g/mol. The fourth-order valence-electron chi connectivity index (χ4n) is 3.01. The van der Waals surface area contributed by atoms with E-state index in [1.165, 1.54) is 12.5 Å². The molecule has 1 aromatic heterocycles. The topological polar surface area (TPSA) is 62.0 Å². The van der Waals surface area contributed by atoms with E-state index in [2.05, 4.69) is 23.3 Å². The van der Waals surface area contributed by atoms with Gasteiger partial charge in [-0.25, -0.2) is 0 Å². The molecule has 0 bridgehead atoms. The number of hydrogen-bond acceptors (Lipinski definition) is 3. The van der Waals surface area contributed by atoms with E-state index in [9.17, 15) is 9.59 Å². The van der Waals surface area contributed by atoms with Crippen LogP contribution in [-0.2, 0) is 6.42 Å². The zero-order valence-electron chi connectivity index (χ0n) is 14.4. The third kappa shape index (κ3) is 3.36. The minimum Gasteiger partial charge on any atom is -0.375 e. The van der Waals surface area contributed by atoms with Crippen molar-refractivity contribution >= 4 is 17.3 Å². The number of benzene rings is 1. The van der Waals surface area contributed by atoms with Crippen LogP contribution in [0.2, 0.25) is 0 Å². The highest BCUT2D eigenvalue weighted by Gasteiger charge is 2.23. The summed E-state index contributed by atoms with van der Waals surface area (Å²) >= 11 is 0. The fourth-order valence-corrected chi connectivity index (χ4v) is 3.01. The molecule has 0 amide bonds. The van der Waals surface area contributed by atoms with E-state index in [0.717, 1.165) is 23.4 Å². The molecule has 23 heavy (non-hydrogen) atoms. The van der Waals surface area contributed by atoms with Gasteiger partial charge in [0.2, 0.25) is 5.78 Å². The normalized spacial score (nSPS) is 12.0. The monoisotopic (exact) mass is 312 g/mol. The molecule has 0 saturated heterocycles. The van der Waals surface area contributed by atoms with E-state index >= 15 is 0 Å². The lowest BCUT2D eigenvalue weighted by Gasteiger charge is -2.16. The van der Waals surface area contributed by atoms with E-state index < -0.39 is 0 Å². The molecule has 4 heteroatoms. The number of carbonyl (C=O) groups is 2. The van der Waals surface area contributed by atoms with Crippen LogP contribution in [0.3, 0.4) is 0 Å². The van der Waals surface area contributed by atoms with Crippen LogP contribution in [-0.4, -0.2) is 22.6 Å². The molecular formula is C19H24N2O2. The van der Waals surface area contributed by atoms with E-state index in [0.29, 0.717) is 11.3 Å². The van der Waals surface area contributed by atoms with Crippen LogP contribution in [0.4, 0.5) is 5.69 Å². The maximum Gasteiger partial charge on any atom is 0.201 e. The first-order chi connectivity index (χ1) is 10.9. The summed E-state index contributed by atoms with van der Waals surface area (Å²) in [7, 11) is 0. The second-order valence-corrected chi connectivity index (χ2v) is 5.92. The third-order valence-corrected chi connectivity index (χ3v) is 4.20. The second kappa shape index (κ2) is 6.82. The Morgan fingerprint density at radius 2 is 1.87 bits per heavy atom. The summed E-state index contributed by atoms with van der Waals surface area (Å²) in [6.45, 7) is 9.10. The molecule has 2 aromatic rings. The van der Waals surface area contributed by atoms with Crippen molar-refractivity contribution in [1.82, 2.24) is 4.98 Å². The van der Waals surface area contributed by atoms with Crippen LogP contribution in [0.15, 0.2) is 24.3 Å². The lowest BCUT2D eigenvalue weighted by Crippen LogP contribution is -2.27. The van der Waals surface area contributed by atoms with E-state index in [1.54, 1.807) is 0 Å². The second-order valence-electron chi connectivity index (χ2n) is 5.92. The number of rotatable bonds is 6. The summed E-state index contributed by atoms with van der Waals surface area (Å²) in [5, 5.41) is 3.29. The van der Waals surface area contributed by atoms with Crippen molar-refractivity contribution < 1.29 is 9.59 Å². The fraction of sp³-hybridized carbons (Fsp3) is 0.368. The predicted octanol–water partition coefficient (Wildman–Crippen LogP) is 4.08. The van der Waals surface area contributed by atoms with Crippen LogP contribution in [0.1, 0.15) is 58.4 Å². The van der Waals surface area contributed by atoms with Gasteiger partial charge in [0.15, 0.2) is 5.78 Å². The summed E-state index contributed by atoms with van der Waals surface area (Å²) in [6.07, 6.45) is 0.902. The largest absolute Gasteiger partial charge is 0.375 e. The van der Waals surface area contributed by atoms with Gasteiger partial charge >= 0.3 is 0 Å². The summed E-state index contributed by atoms with van der Waals surface area (Å²) < 4.78 is 0. The third-order valence-electron chi connectivity index (χ3n) is 4.20. The van der Waals surface area contributed by atoms with Crippen LogP contribution >= 0.6 is 0 Å². The Balaban J connectivity index is 2.27. The summed E-state index contributed by atoms with van der Waals surface area (Å²) in [6, 6.07) is 7.61. The highest BCUT2D eigenvalue weighted by atomic mass is 16.1. The van der Waals surface area contributed by atoms with Crippen molar-refractivity contribution in [1.29, 1.82) is 0 Å². The zero-order valence-corrected chi connectivity index (χ0v) is 14.4. The standard InChI is InChI=1S/C19H24N2O2/c1-6-15-9-7-8-10-16(15)20-13(4)19(23)18-11(2)17(14(5)22)12(3)21-18/h7-10,13,20-21H,6H2,1-5H3/t13-/m1/s1. The lowest BCUT2D eigenvalue weighted by molar-refractivity contribution is 0.0970. The first-order valence-electron chi connectivity index (χ1n) is 7.95. The number of ketones is 2. The average molecular weight is 312 g/mol. The molecule has 2 N–H and O–H groups in total. The van der Waals surface area contributed by atoms with Gasteiger partial charge in [0.1, 0.15) is 0 Å². The zero-order chi connectivity index (χ0) is 17.1. The number of aryl methyl sites for hydroxylation is 2. The smallest absolute Gasteiger partial charge is 0.201 e. The summed E-state index contributed by atoms with van der Waals surface area (Å²) in [4.78, 5) is 27.6. The molecule has 0 fully saturated rings. The highest BCUT2D eigenvalue weighted by Crippen LogP contribution is 2.22. The molecule has 1 heterocycles. The van der Waals surface area contributed by atoms with Gasteiger partial charge in [-0.15, -0.1) is 0 Å². The van der Waals surface area contributed by atoms with Crippen LogP contribution in [0.5, 0.6) is 0 Å². The number of H-pyrrole nitrogens is 1. The van der Waals surface area contributed by atoms with E-state index in [4.69, 9.17) is 0 Å². The van der Waals surface area contributed by atoms with Crippen LogP contribution < -0.4 is 5.32 Å². The van der Waals surface area contributed by atoms with Crippen LogP contribution in [0.25, 0.3) is 0 Å². The number of hydrogen-bond donors (Lipinski definition) is 2. The molecule has 0 spiro atoms. The quantitative estimate of drug-likeness (QED) is 0.790. The van der Waals surface area contributed by atoms with Gasteiger partial charge in [-0.1, -0.05) is 25.1 Å². The first kappa shape index (κ1) is 17.0. The number of nitrogens with one attached hydrogen (secondary N) is 2. The molecule has 0 aliphatic carbocycles. The number of para-hydroxylation sites is 1. The molecule has 2 rings (SSSR count). The number of carbonyl (C=O) groups excluding carboxylic acids is 2. The Kier molecular flexibility index (Phi) is 5.04. The molecule has 1 aromatic carbocycles. The minimum atomic E-state index is -0.376. The van der Waals surface area contributed by atoms with Gasteiger partial charge in [-0.2, -0.15) is 0 Å². The van der Waals surface area contributed by atoms with Gasteiger partial charge < -0.3 is 10.3 Å². The molecule has 0 aliphatic rings. The van der Waals surface area contributed by atoms with Crippen molar-refractivity contribution in [3.63, 3.8) is 0 Å². The average Bonchev–Trinajstić information content (AvgIpc) is 2.81. The SMILES string of the molecule is CCc1ccccc1N[C@H](C)C(=O)c1[nH]c(C)c(C(C)=O)c1C. The number of anilines is 1. The number of Topliss-reactive ketones (excluding diaryl/α,β-unsaturated/α-hetero) is 2. The summed E-state index contributed by atoms with van der Waals surface area (Å²) in [5.74, 6) is -0.0590. The summed E-state index contributed by atoms with van der Waals surface area (Å²) in [5.41, 5.74) is 4.77. The van der Waals surface area contributed by atoms with Crippen molar-refractivity contribution in [2.75, 3.05) is 5.32 Å². The van der Waals surface area contributed by atoms with Crippen molar-refractivity contribution in [3.05, 3.63) is 52.3 Å². The highest BCUT2D eigenvalue weighted by molar-refractivity contribution is 6.05. The predicted molar refractivity (Wildman–Crippen MR) is 93.5 cm³/mol. The molecule has 0 unspecified atom stereocenters. The lowest BCUT2D eigenvalue weighted by atomic mass is 10.0. The van der Waals surface area contributed by atoms with Gasteiger partial charge in [-0.05, 0) is 51.3 Å². The maximum absolute atomic E-state index is 12.8. The van der Waals surface area contributed by atoms with Crippen molar-refractivity contribution in [2.45, 2.75) is 47.1 Å². The van der Waals surface area contributed by atoms with Gasteiger partial charge in [-0.3, -0.25) is 9.59 Å². The Bertz CT molecular complexity index is 744. The minimum absolute atomic E-state index is 0.0211.